The standard InChI is InChI=1S/C29H34FN7O3.C22H25ClFN5O2.C9H12N2O2.C7H10N2O.Al.Li.H/c1-36-11-13-37(14-12-36)26(18-40-2)28(39)34-25-5-3-4-21-22(25)8-9-23(21)27-24(30)17-32-29(35-27)33-20-7-6-19(10-15-38)31-16-20;1-28-8-10-29(11-9-28)19(13-31-2)21(30)26-18-5-3-4-14-15(18)6-7-16(14)20-17(24)12-25-22(23)27-20;1-2-13-9(12)5-8-4-3-7(10)6-11-8;8-6-1-2-7(3-4-10)9-5-6;;;/h3-7,9,16-17,26,38H,8,10-15,18H2,1-2H3,(H,34,39)(H,32,33,35);3-5,7,12,19H,6,8-11,13H2,1-2H3,(H,26,30);3-4,6H,2,5,10H2,1H3;1-2,5,10H,3-4,8H2;;;/q;;;;;+1;-1/t26-;19-;;;;;/m11...../s1. The van der Waals surface area contributed by atoms with Crippen molar-refractivity contribution in [3.05, 3.63) is 184 Å². The summed E-state index contributed by atoms with van der Waals surface area (Å²) < 4.78 is 44.8. The molecule has 24 nitrogen and oxygen atoms in total. The van der Waals surface area contributed by atoms with E-state index in [1.807, 2.05) is 60.7 Å². The van der Waals surface area contributed by atoms with Crippen LogP contribution in [-0.4, -0.2) is 226 Å². The molecule has 7 aromatic rings. The third kappa shape index (κ3) is 21.9. The molecule has 0 bridgehead atoms. The fraction of sp³-hybridized carbons (Fsp3) is 0.373. The fourth-order valence-electron chi connectivity index (χ4n) is 10.8. The van der Waals surface area contributed by atoms with E-state index < -0.39 is 17.7 Å². The fourth-order valence-corrected chi connectivity index (χ4v) is 10.9. The van der Waals surface area contributed by atoms with Crippen LogP contribution in [0.2, 0.25) is 5.28 Å². The summed E-state index contributed by atoms with van der Waals surface area (Å²) in [5.74, 6) is -1.32. The average Bonchev–Trinajstić information content (AvgIpc) is 1.68. The Bertz CT molecular complexity index is 3730. The van der Waals surface area contributed by atoms with Crippen LogP contribution < -0.4 is 46.3 Å². The molecule has 3 radical (unpaired) electrons. The van der Waals surface area contributed by atoms with Gasteiger partial charge in [0.2, 0.25) is 23.0 Å². The second-order valence-electron chi connectivity index (χ2n) is 22.4. The van der Waals surface area contributed by atoms with Gasteiger partial charge < -0.3 is 63.1 Å². The number of methoxy groups -OCH3 is 2. The van der Waals surface area contributed by atoms with Crippen molar-refractivity contribution in [1.29, 1.82) is 0 Å². The number of esters is 1. The van der Waals surface area contributed by atoms with Crippen molar-refractivity contribution in [3.8, 4) is 0 Å². The van der Waals surface area contributed by atoms with Gasteiger partial charge in [-0.2, -0.15) is 0 Å². The Balaban J connectivity index is 0.000000262. The molecule has 2 aliphatic heterocycles. The number of nitrogen functional groups attached to an aromatic ring is 2. The van der Waals surface area contributed by atoms with Gasteiger partial charge in [-0.3, -0.25) is 39.1 Å². The van der Waals surface area contributed by atoms with E-state index in [4.69, 9.17) is 47.5 Å². The number of pyridine rings is 3. The van der Waals surface area contributed by atoms with Gasteiger partial charge in [0.1, 0.15) is 23.5 Å². The summed E-state index contributed by atoms with van der Waals surface area (Å²) in [6, 6.07) is 21.1. The van der Waals surface area contributed by atoms with Crippen LogP contribution in [0.25, 0.3) is 11.1 Å². The SMILES string of the molecule is CCOC(=O)Cc1ccc(N)cn1.COC[C@H](C(=O)Nc1cccc2c1CC=C2c1nc(Cl)ncc1F)N1CCN(C)CC1.COC[C@H](C(=O)Nc1cccc2c1CC=C2c1nc(Nc2ccc(CCO)nc2)ncc1F)N1CCN(C)CC1.Nc1ccc(CCO)nc1.[Al].[H-].[Li+]. The number of likely N-dealkylation sites (N-methyl/N-ethyl adjacent to an activating group) is 2. The molecule has 0 unspecified atom stereocenters. The number of nitrogens with one attached hydrogen (secondary N) is 3. The number of piperazine rings is 2. The Morgan fingerprint density at radius 1 is 0.625 bits per heavy atom. The van der Waals surface area contributed by atoms with Crippen LogP contribution >= 0.6 is 11.6 Å². The number of anilines is 6. The van der Waals surface area contributed by atoms with Crippen LogP contribution in [0, 0.1) is 11.6 Å². The van der Waals surface area contributed by atoms with Crippen molar-refractivity contribution < 1.29 is 67.9 Å². The van der Waals surface area contributed by atoms with Crippen LogP contribution in [0.5, 0.6) is 0 Å². The number of amides is 2. The molecule has 2 aliphatic carbocycles. The van der Waals surface area contributed by atoms with E-state index in [-0.39, 0.29) is 104 Å². The van der Waals surface area contributed by atoms with Crippen LogP contribution in [0.1, 0.15) is 59.1 Å². The predicted octanol–water partition coefficient (Wildman–Crippen LogP) is 2.64. The molecule has 4 aliphatic rings. The minimum absolute atomic E-state index is 0. The summed E-state index contributed by atoms with van der Waals surface area (Å²) in [4.78, 5) is 74.9. The predicted molar refractivity (Wildman–Crippen MR) is 364 cm³/mol. The first-order valence-corrected chi connectivity index (χ1v) is 31.2. The smallest absolute Gasteiger partial charge is 1.00 e. The molecule has 0 spiro atoms. The summed E-state index contributed by atoms with van der Waals surface area (Å²) in [5.41, 5.74) is 21.6. The Kier molecular flexibility index (Phi) is 31.3. The number of aromatic nitrogens is 7. The topological polar surface area (TPSA) is 311 Å². The molecule has 7 heterocycles. The van der Waals surface area contributed by atoms with E-state index in [2.05, 4.69) is 84.5 Å². The number of benzene rings is 2. The number of hydrogen-bond acceptors (Lipinski definition) is 22. The van der Waals surface area contributed by atoms with E-state index >= 15 is 4.39 Å². The Morgan fingerprint density at radius 2 is 1.08 bits per heavy atom. The van der Waals surface area contributed by atoms with Crippen LogP contribution in [0.15, 0.2) is 116 Å². The van der Waals surface area contributed by atoms with Gasteiger partial charge in [0.15, 0.2) is 11.6 Å². The number of rotatable bonds is 21. The van der Waals surface area contributed by atoms with Gasteiger partial charge in [0.25, 0.3) is 0 Å². The molecule has 2 aromatic carbocycles. The van der Waals surface area contributed by atoms with Gasteiger partial charge in [0.05, 0.1) is 80.0 Å². The largest absolute Gasteiger partial charge is 1.00 e. The molecule has 29 heteroatoms. The van der Waals surface area contributed by atoms with Crippen molar-refractivity contribution in [2.45, 2.75) is 51.1 Å². The number of hydrogen-bond donors (Lipinski definition) is 7. The van der Waals surface area contributed by atoms with Gasteiger partial charge in [0, 0.05) is 144 Å². The number of nitrogens with zero attached hydrogens (tertiary/aromatic N) is 11. The summed E-state index contributed by atoms with van der Waals surface area (Å²) in [7, 11) is 7.37. The molecule has 0 saturated carbocycles. The Morgan fingerprint density at radius 3 is 1.52 bits per heavy atom. The van der Waals surface area contributed by atoms with Gasteiger partial charge in [-0.15, -0.1) is 0 Å². The minimum Gasteiger partial charge on any atom is -1.00 e. The summed E-state index contributed by atoms with van der Waals surface area (Å²) in [6.07, 6.45) is 13.1. The Labute approximate surface area is 587 Å². The first kappa shape index (κ1) is 77.3. The van der Waals surface area contributed by atoms with Crippen LogP contribution in [0.3, 0.4) is 0 Å². The van der Waals surface area contributed by atoms with Crippen molar-refractivity contribution in [1.82, 2.24) is 54.5 Å². The van der Waals surface area contributed by atoms with E-state index in [1.165, 1.54) is 6.20 Å². The molecule has 96 heavy (non-hydrogen) atoms. The number of allylic oxidation sites excluding steroid dienone is 2. The van der Waals surface area contributed by atoms with Crippen molar-refractivity contribution in [3.63, 3.8) is 0 Å². The average molecular weight is 1350 g/mol. The van der Waals surface area contributed by atoms with Crippen molar-refractivity contribution >= 4 is 92.3 Å². The second kappa shape index (κ2) is 38.9. The number of fused-ring (bicyclic) bond motifs is 2. The molecule has 9 N–H and O–H groups in total. The zero-order valence-corrected chi connectivity index (χ0v) is 56.9. The van der Waals surface area contributed by atoms with E-state index in [1.54, 1.807) is 57.8 Å². The molecule has 503 valence electrons. The number of aliphatic hydroxyl groups is 2. The number of carbonyl (C=O) groups excluding carboxylic acids is 3. The van der Waals surface area contributed by atoms with Crippen LogP contribution in [-0.2, 0) is 60.7 Å². The maximum atomic E-state index is 15.0. The summed E-state index contributed by atoms with van der Waals surface area (Å²) >= 11 is 5.88. The first-order chi connectivity index (χ1) is 45.5. The zero-order valence-electron chi connectivity index (χ0n) is 56.0. The first-order valence-electron chi connectivity index (χ1n) is 30.8. The number of halogens is 3. The van der Waals surface area contributed by atoms with Gasteiger partial charge in [-0.1, -0.05) is 36.4 Å². The molecule has 2 saturated heterocycles. The maximum Gasteiger partial charge on any atom is 1.00 e. The molecule has 5 aromatic heterocycles. The third-order valence-electron chi connectivity index (χ3n) is 15.8. The zero-order chi connectivity index (χ0) is 67.1. The van der Waals surface area contributed by atoms with Crippen molar-refractivity contribution in [2.75, 3.05) is 141 Å². The number of ether oxygens (including phenoxy) is 3. The summed E-state index contributed by atoms with van der Waals surface area (Å²) in [5, 5.41) is 26.8. The van der Waals surface area contributed by atoms with E-state index in [9.17, 15) is 18.8 Å². The Hall–Kier alpha value is -7.70. The minimum atomic E-state index is -0.536. The number of nitrogens with two attached hydrogens (primary N) is 2. The monoisotopic (exact) mass is 1350 g/mol. The molecular formula is C67H82AlClF2LiN16O8. The molecular weight excluding hydrogens is 1260 g/mol. The molecule has 11 rings (SSSR count). The van der Waals surface area contributed by atoms with E-state index in [0.29, 0.717) is 90.8 Å². The van der Waals surface area contributed by atoms with Crippen LogP contribution in [0.4, 0.5) is 43.2 Å². The quantitative estimate of drug-likeness (QED) is 0.0309. The van der Waals surface area contributed by atoms with Gasteiger partial charge in [-0.05, 0) is 116 Å². The van der Waals surface area contributed by atoms with Gasteiger partial charge in [-0.25, -0.2) is 28.7 Å². The summed E-state index contributed by atoms with van der Waals surface area (Å²) in [6.45, 7) is 9.77. The molecule has 2 atom stereocenters. The van der Waals surface area contributed by atoms with Gasteiger partial charge >= 0.3 is 24.8 Å². The van der Waals surface area contributed by atoms with E-state index in [0.717, 1.165) is 98.4 Å². The number of carbonyl (C=O) groups is 3. The number of aliphatic hydroxyl groups excluding tert-OH is 2. The normalized spacial score (nSPS) is 14.9. The maximum absolute atomic E-state index is 15.0. The third-order valence-corrected chi connectivity index (χ3v) is 16.0. The van der Waals surface area contributed by atoms with Crippen molar-refractivity contribution in [2.24, 2.45) is 0 Å². The molecule has 2 fully saturated rings. The second-order valence-corrected chi connectivity index (χ2v) is 22.7. The molecule has 2 amide bonds.